The molecule has 366 valence electrons. The molecule has 3 aliphatic heterocycles. The Bertz CT molecular complexity index is 2230. The van der Waals surface area contributed by atoms with Crippen LogP contribution in [-0.2, 0) is 85.1 Å². The van der Waals surface area contributed by atoms with Gasteiger partial charge in [-0.3, -0.25) is 14.5 Å². The predicted molar refractivity (Wildman–Crippen MR) is 249 cm³/mol. The summed E-state index contributed by atoms with van der Waals surface area (Å²) in [6.45, 7) is 5.62. The Morgan fingerprint density at radius 1 is 0.565 bits per heavy atom. The van der Waals surface area contributed by atoms with Crippen LogP contribution in [0.4, 0.5) is 9.59 Å². The van der Waals surface area contributed by atoms with Crippen LogP contribution in [0.3, 0.4) is 0 Å². The van der Waals surface area contributed by atoms with Crippen molar-refractivity contribution in [3.8, 4) is 22.6 Å². The number of nitrogens with zero attached hydrogens (tertiary/aromatic N) is 1. The van der Waals surface area contributed by atoms with E-state index in [0.29, 0.717) is 39.6 Å². The normalized spacial score (nSPS) is 15.2. The number of carbonyl (C=O) groups is 5. The van der Waals surface area contributed by atoms with Gasteiger partial charge in [0.25, 0.3) is 11.8 Å². The predicted octanol–water partition coefficient (Wildman–Crippen LogP) is 7.94. The van der Waals surface area contributed by atoms with Crippen molar-refractivity contribution >= 4 is 30.1 Å². The lowest BCUT2D eigenvalue weighted by atomic mass is 10.0. The molecule has 2 saturated heterocycles. The highest BCUT2D eigenvalue weighted by Gasteiger charge is 2.28. The van der Waals surface area contributed by atoms with Crippen molar-refractivity contribution in [1.82, 2.24) is 4.90 Å². The molecule has 0 aliphatic carbocycles. The lowest BCUT2D eigenvalue weighted by Crippen LogP contribution is -2.36. The third-order valence-corrected chi connectivity index (χ3v) is 11.5. The van der Waals surface area contributed by atoms with Gasteiger partial charge >= 0.3 is 18.3 Å². The van der Waals surface area contributed by atoms with E-state index in [1.54, 1.807) is 12.1 Å². The number of aryl methyl sites for hydroxylation is 1. The first kappa shape index (κ1) is 50.3. The van der Waals surface area contributed by atoms with Crippen molar-refractivity contribution in [3.63, 3.8) is 0 Å². The van der Waals surface area contributed by atoms with Gasteiger partial charge in [-0.15, -0.1) is 0 Å². The van der Waals surface area contributed by atoms with Crippen LogP contribution in [0.25, 0.3) is 11.1 Å². The largest absolute Gasteiger partial charge is 0.508 e. The topological polar surface area (TPSA) is 181 Å². The van der Waals surface area contributed by atoms with Gasteiger partial charge in [0.15, 0.2) is 11.5 Å². The van der Waals surface area contributed by atoms with Crippen LogP contribution in [-0.4, -0.2) is 101 Å². The second kappa shape index (κ2) is 26.2. The molecule has 2 amide bonds. The minimum Gasteiger partial charge on any atom is -0.489 e. The smallest absolute Gasteiger partial charge is 0.489 e. The number of esters is 1. The Kier molecular flexibility index (Phi) is 19.1. The van der Waals surface area contributed by atoms with E-state index in [0.717, 1.165) is 69.7 Å². The number of carbonyl (C=O) groups excluding carboxylic acids is 5. The van der Waals surface area contributed by atoms with Crippen LogP contribution < -0.4 is 9.47 Å². The molecule has 4 aromatic carbocycles. The zero-order chi connectivity index (χ0) is 48.2. The van der Waals surface area contributed by atoms with E-state index < -0.39 is 36.6 Å². The number of hydrogen-bond donors (Lipinski definition) is 0. The Morgan fingerprint density at radius 3 is 1.52 bits per heavy atom. The van der Waals surface area contributed by atoms with Gasteiger partial charge in [0.1, 0.15) is 33.0 Å². The van der Waals surface area contributed by atoms with Gasteiger partial charge in [-0.2, -0.15) is 0 Å². The number of unbranched alkanes of at least 4 members (excludes halogenated alkanes) is 2. The van der Waals surface area contributed by atoms with Gasteiger partial charge in [0.05, 0.1) is 71.3 Å². The summed E-state index contributed by atoms with van der Waals surface area (Å²) in [6, 6.07) is 29.4. The molecule has 0 bridgehead atoms. The summed E-state index contributed by atoms with van der Waals surface area (Å²) >= 11 is 0. The van der Waals surface area contributed by atoms with Gasteiger partial charge in [0.2, 0.25) is 0 Å². The second-order valence-electron chi connectivity index (χ2n) is 17.2. The molecule has 0 radical (unpaired) electrons. The first-order valence-corrected chi connectivity index (χ1v) is 23.3. The molecule has 0 aromatic heterocycles. The fourth-order valence-corrected chi connectivity index (χ4v) is 7.51. The van der Waals surface area contributed by atoms with Crippen LogP contribution in [0.1, 0.15) is 54.0 Å². The van der Waals surface area contributed by atoms with E-state index >= 15 is 0 Å². The van der Waals surface area contributed by atoms with Crippen molar-refractivity contribution in [2.24, 2.45) is 17.8 Å². The molecular formula is C53H59NO15. The molecule has 3 aliphatic rings. The second-order valence-corrected chi connectivity index (χ2v) is 17.2. The highest BCUT2D eigenvalue weighted by atomic mass is 16.7. The number of hydrogen-bond acceptors (Lipinski definition) is 15. The Morgan fingerprint density at radius 2 is 1.03 bits per heavy atom. The molecule has 0 saturated carbocycles. The molecule has 69 heavy (non-hydrogen) atoms. The van der Waals surface area contributed by atoms with Crippen molar-refractivity contribution < 1.29 is 71.3 Å². The highest BCUT2D eigenvalue weighted by Crippen LogP contribution is 2.34. The van der Waals surface area contributed by atoms with Gasteiger partial charge in [0, 0.05) is 18.1 Å². The van der Waals surface area contributed by atoms with Crippen molar-refractivity contribution in [1.29, 1.82) is 0 Å². The Labute approximate surface area is 401 Å². The molecule has 0 unspecified atom stereocenters. The Hall–Kier alpha value is -6.59. The van der Waals surface area contributed by atoms with Gasteiger partial charge in [-0.1, -0.05) is 98.6 Å². The number of cyclic esters (lactones) is 4. The molecule has 4 aromatic rings. The molecule has 7 rings (SSSR count). The summed E-state index contributed by atoms with van der Waals surface area (Å²) in [5, 5.41) is 0. The number of imide groups is 1. The Balaban J connectivity index is 0.980. The standard InChI is InChI=1S/C53H59NO15/c1-2-3-4-5-37-14-16-45(17-15-37)46-18-19-47(48(22-46)69-51(57)23-54-49(55)20-21-50(54)56)64-32-42(28-60-24-38-6-10-40(11-7-38)26-62-30-43-33-65-52(58)66-34-43)29-61-25-39-8-12-41(13-9-39)27-63-31-44-35-67-53(59)68-36-44/h6-22,42-44H,2-5,23-36H2,1H3. The van der Waals surface area contributed by atoms with E-state index in [9.17, 15) is 24.0 Å². The summed E-state index contributed by atoms with van der Waals surface area (Å²) in [4.78, 5) is 60.9. The van der Waals surface area contributed by atoms with Crippen molar-refractivity contribution in [2.75, 3.05) is 66.0 Å². The average molecular weight is 950 g/mol. The van der Waals surface area contributed by atoms with Crippen LogP contribution in [0, 0.1) is 17.8 Å². The molecule has 0 atom stereocenters. The fraction of sp³-hybridized carbons (Fsp3) is 0.415. The molecule has 16 nitrogen and oxygen atoms in total. The quantitative estimate of drug-likeness (QED) is 0.0243. The third-order valence-electron chi connectivity index (χ3n) is 11.5. The maximum absolute atomic E-state index is 13.3. The number of benzene rings is 4. The zero-order valence-corrected chi connectivity index (χ0v) is 38.8. The number of amides is 2. The molecule has 3 heterocycles. The van der Waals surface area contributed by atoms with E-state index in [4.69, 9.17) is 47.4 Å². The SMILES string of the molecule is CCCCCc1ccc(-c2ccc(OCC(COCc3ccc(COCC4COC(=O)OC4)cc3)COCc3ccc(COCC4COC(=O)OC4)cc3)c(OC(=O)CN3C(=O)C=CC3=O)c2)cc1. The average Bonchev–Trinajstić information content (AvgIpc) is 3.68. The van der Waals surface area contributed by atoms with Gasteiger partial charge < -0.3 is 47.4 Å². The first-order chi connectivity index (χ1) is 33.7. The van der Waals surface area contributed by atoms with E-state index in [1.807, 2.05) is 66.7 Å². The van der Waals surface area contributed by atoms with Crippen LogP contribution >= 0.6 is 0 Å². The molecular weight excluding hydrogens is 891 g/mol. The summed E-state index contributed by atoms with van der Waals surface area (Å²) in [7, 11) is 0. The maximum Gasteiger partial charge on any atom is 0.508 e. The van der Waals surface area contributed by atoms with E-state index in [-0.39, 0.29) is 75.5 Å². The summed E-state index contributed by atoms with van der Waals surface area (Å²) < 4.78 is 56.1. The lowest BCUT2D eigenvalue weighted by molar-refractivity contribution is -0.146. The third kappa shape index (κ3) is 16.3. The lowest BCUT2D eigenvalue weighted by Gasteiger charge is -2.21. The van der Waals surface area contributed by atoms with E-state index in [1.165, 1.54) is 12.0 Å². The monoisotopic (exact) mass is 949 g/mol. The van der Waals surface area contributed by atoms with E-state index in [2.05, 4.69) is 19.1 Å². The van der Waals surface area contributed by atoms with Crippen LogP contribution in [0.15, 0.2) is 103 Å². The summed E-state index contributed by atoms with van der Waals surface area (Å²) in [6.07, 6.45) is 5.35. The fourth-order valence-electron chi connectivity index (χ4n) is 7.51. The first-order valence-electron chi connectivity index (χ1n) is 23.3. The van der Waals surface area contributed by atoms with Crippen LogP contribution in [0.5, 0.6) is 11.5 Å². The minimum absolute atomic E-state index is 0.0120. The maximum atomic E-state index is 13.3. The van der Waals surface area contributed by atoms with Gasteiger partial charge in [-0.05, 0) is 63.9 Å². The molecule has 2 fully saturated rings. The van der Waals surface area contributed by atoms with Gasteiger partial charge in [-0.25, -0.2) is 14.4 Å². The summed E-state index contributed by atoms with van der Waals surface area (Å²) in [5.41, 5.74) is 6.81. The van der Waals surface area contributed by atoms with Crippen molar-refractivity contribution in [3.05, 3.63) is 131 Å². The molecule has 16 heteroatoms. The van der Waals surface area contributed by atoms with Crippen molar-refractivity contribution in [2.45, 2.75) is 59.0 Å². The highest BCUT2D eigenvalue weighted by molar-refractivity contribution is 6.14. The minimum atomic E-state index is -0.802. The zero-order valence-electron chi connectivity index (χ0n) is 38.8. The molecule has 0 N–H and O–H groups in total. The summed E-state index contributed by atoms with van der Waals surface area (Å²) in [5.74, 6) is -1.85. The number of rotatable bonds is 27. The number of ether oxygens (including phenoxy) is 10. The molecule has 0 spiro atoms. The van der Waals surface area contributed by atoms with Crippen LogP contribution in [0.2, 0.25) is 0 Å².